The topological polar surface area (TPSA) is 99.3 Å². The first-order valence-electron chi connectivity index (χ1n) is 9.44. The first-order valence-corrected chi connectivity index (χ1v) is 11.3. The minimum atomic E-state index is -3.82. The van der Waals surface area contributed by atoms with E-state index in [-0.39, 0.29) is 10.8 Å². The van der Waals surface area contributed by atoms with Crippen molar-refractivity contribution >= 4 is 33.3 Å². The summed E-state index contributed by atoms with van der Waals surface area (Å²) in [5, 5.41) is 3.29. The second kappa shape index (κ2) is 11.3. The van der Waals surface area contributed by atoms with Crippen molar-refractivity contribution in [3.8, 4) is 0 Å². The van der Waals surface area contributed by atoms with Gasteiger partial charge in [0.15, 0.2) is 5.11 Å². The molecule has 0 aliphatic rings. The molecule has 0 aliphatic heterocycles. The number of thiocarbonyl (C=S) groups is 1. The molecule has 0 fully saturated rings. The highest BCUT2D eigenvalue weighted by Crippen LogP contribution is 2.13. The molecule has 0 radical (unpaired) electrons. The third-order valence-corrected chi connectivity index (χ3v) is 5.69. The number of aryl methyl sites for hydroxylation is 1. The van der Waals surface area contributed by atoms with E-state index in [2.05, 4.69) is 34.7 Å². The molecule has 0 saturated carbocycles. The molecule has 28 heavy (non-hydrogen) atoms. The van der Waals surface area contributed by atoms with Gasteiger partial charge in [0, 0.05) is 6.54 Å². The van der Waals surface area contributed by atoms with Gasteiger partial charge in [0.25, 0.3) is 5.91 Å². The Morgan fingerprint density at radius 1 is 1.04 bits per heavy atom. The number of hydrogen-bond donors (Lipinski definition) is 4. The van der Waals surface area contributed by atoms with Gasteiger partial charge in [0.2, 0.25) is 10.0 Å². The number of carbonyl (C=O) groups is 1. The number of hydrogen-bond acceptors (Lipinski definition) is 4. The van der Waals surface area contributed by atoms with Gasteiger partial charge in [-0.3, -0.25) is 15.6 Å². The highest BCUT2D eigenvalue weighted by molar-refractivity contribution is 7.89. The lowest BCUT2D eigenvalue weighted by atomic mass is 10.0. The van der Waals surface area contributed by atoms with Gasteiger partial charge in [-0.05, 0) is 56.0 Å². The summed E-state index contributed by atoms with van der Waals surface area (Å²) in [6, 6.07) is 5.56. The summed E-state index contributed by atoms with van der Waals surface area (Å²) in [6.07, 6.45) is 1.30. The van der Waals surface area contributed by atoms with Crippen molar-refractivity contribution in [3.05, 3.63) is 29.8 Å². The fraction of sp³-hybridized carbons (Fsp3) is 0.579. The minimum absolute atomic E-state index is 0.118. The number of amides is 1. The quantitative estimate of drug-likeness (QED) is 0.356. The van der Waals surface area contributed by atoms with Gasteiger partial charge in [0.1, 0.15) is 6.04 Å². The molecule has 1 aromatic rings. The molecule has 0 spiro atoms. The fourth-order valence-electron chi connectivity index (χ4n) is 2.38. The predicted molar refractivity (Wildman–Crippen MR) is 116 cm³/mol. The van der Waals surface area contributed by atoms with Crippen molar-refractivity contribution in [2.24, 2.45) is 11.8 Å². The SMILES string of the molecule is Cc1ccc(S(=O)(=O)N[C@@H](CC(C)C)C(=O)NNC(=S)NCCC(C)C)cc1. The summed E-state index contributed by atoms with van der Waals surface area (Å²) in [4.78, 5) is 12.7. The van der Waals surface area contributed by atoms with Crippen molar-refractivity contribution in [3.63, 3.8) is 0 Å². The zero-order valence-corrected chi connectivity index (χ0v) is 18.8. The zero-order chi connectivity index (χ0) is 21.3. The van der Waals surface area contributed by atoms with E-state index in [0.717, 1.165) is 12.0 Å². The van der Waals surface area contributed by atoms with E-state index in [0.29, 0.717) is 24.0 Å². The van der Waals surface area contributed by atoms with Crippen molar-refractivity contribution in [1.82, 2.24) is 20.9 Å². The maximum atomic E-state index is 12.6. The Labute approximate surface area is 174 Å². The zero-order valence-electron chi connectivity index (χ0n) is 17.2. The Kier molecular flexibility index (Phi) is 9.84. The van der Waals surface area contributed by atoms with Crippen molar-refractivity contribution in [1.29, 1.82) is 0 Å². The van der Waals surface area contributed by atoms with Crippen molar-refractivity contribution in [2.45, 2.75) is 58.4 Å². The average molecular weight is 429 g/mol. The molecule has 1 aromatic carbocycles. The number of carbonyl (C=O) groups excluding carboxylic acids is 1. The second-order valence-corrected chi connectivity index (χ2v) is 9.79. The first kappa shape index (κ1) is 24.3. The van der Waals surface area contributed by atoms with E-state index in [1.165, 1.54) is 12.1 Å². The summed E-state index contributed by atoms with van der Waals surface area (Å²) in [5.74, 6) is 0.168. The number of sulfonamides is 1. The van der Waals surface area contributed by atoms with Crippen molar-refractivity contribution in [2.75, 3.05) is 6.54 Å². The largest absolute Gasteiger partial charge is 0.361 e. The number of hydrazine groups is 1. The summed E-state index contributed by atoms with van der Waals surface area (Å²) < 4.78 is 27.8. The van der Waals surface area contributed by atoms with E-state index in [1.54, 1.807) is 12.1 Å². The van der Waals surface area contributed by atoms with Crippen LogP contribution in [0.25, 0.3) is 0 Å². The van der Waals surface area contributed by atoms with Crippen molar-refractivity contribution < 1.29 is 13.2 Å². The van der Waals surface area contributed by atoms with Gasteiger partial charge >= 0.3 is 0 Å². The van der Waals surface area contributed by atoms with Gasteiger partial charge in [-0.2, -0.15) is 4.72 Å². The van der Waals surface area contributed by atoms with Crippen LogP contribution >= 0.6 is 12.2 Å². The summed E-state index contributed by atoms with van der Waals surface area (Å²) in [6.45, 7) is 10.6. The summed E-state index contributed by atoms with van der Waals surface area (Å²) in [7, 11) is -3.82. The van der Waals surface area contributed by atoms with Crippen LogP contribution in [0, 0.1) is 18.8 Å². The average Bonchev–Trinajstić information content (AvgIpc) is 2.58. The smallest absolute Gasteiger partial charge is 0.256 e. The lowest BCUT2D eigenvalue weighted by Crippen LogP contribution is -2.54. The maximum Gasteiger partial charge on any atom is 0.256 e. The van der Waals surface area contributed by atoms with E-state index in [1.807, 2.05) is 20.8 Å². The molecule has 0 unspecified atom stereocenters. The molecule has 0 saturated heterocycles. The molecule has 1 amide bonds. The summed E-state index contributed by atoms with van der Waals surface area (Å²) >= 11 is 5.12. The summed E-state index contributed by atoms with van der Waals surface area (Å²) in [5.41, 5.74) is 6.08. The standard InChI is InChI=1S/C19H32N4O3S2/c1-13(2)10-11-20-19(27)22-21-18(24)17(12-14(3)4)23-28(25,26)16-8-6-15(5)7-9-16/h6-9,13-14,17,23H,10-12H2,1-5H3,(H,21,24)(H2,20,22,27)/t17-/m0/s1. The van der Waals surface area contributed by atoms with Crippen LogP contribution < -0.4 is 20.9 Å². The van der Waals surface area contributed by atoms with Crippen LogP contribution in [0.1, 0.15) is 46.1 Å². The molecule has 4 N–H and O–H groups in total. The van der Waals surface area contributed by atoms with Crippen LogP contribution in [0.2, 0.25) is 0 Å². The highest BCUT2D eigenvalue weighted by Gasteiger charge is 2.26. The molecule has 0 heterocycles. The highest BCUT2D eigenvalue weighted by atomic mass is 32.2. The van der Waals surface area contributed by atoms with Crippen LogP contribution in [-0.2, 0) is 14.8 Å². The molecule has 7 nitrogen and oxygen atoms in total. The lowest BCUT2D eigenvalue weighted by molar-refractivity contribution is -0.123. The third-order valence-electron chi connectivity index (χ3n) is 3.96. The Hall–Kier alpha value is -1.71. The van der Waals surface area contributed by atoms with E-state index < -0.39 is 22.0 Å². The van der Waals surface area contributed by atoms with E-state index in [4.69, 9.17) is 12.2 Å². The Bertz CT molecular complexity index is 747. The molecule has 1 atom stereocenters. The van der Waals surface area contributed by atoms with Crippen LogP contribution in [0.15, 0.2) is 29.2 Å². The molecule has 0 aliphatic carbocycles. The maximum absolute atomic E-state index is 12.6. The monoisotopic (exact) mass is 428 g/mol. The van der Waals surface area contributed by atoms with Crippen LogP contribution in [0.3, 0.4) is 0 Å². The van der Waals surface area contributed by atoms with E-state index in [9.17, 15) is 13.2 Å². The Morgan fingerprint density at radius 2 is 1.64 bits per heavy atom. The van der Waals surface area contributed by atoms with Gasteiger partial charge in [-0.1, -0.05) is 45.4 Å². The van der Waals surface area contributed by atoms with Crippen LogP contribution in [0.4, 0.5) is 0 Å². The van der Waals surface area contributed by atoms with E-state index >= 15 is 0 Å². The number of rotatable bonds is 9. The van der Waals surface area contributed by atoms with Crippen LogP contribution in [0.5, 0.6) is 0 Å². The predicted octanol–water partition coefficient (Wildman–Crippen LogP) is 2.23. The molecule has 0 aromatic heterocycles. The third kappa shape index (κ3) is 8.99. The van der Waals surface area contributed by atoms with Gasteiger partial charge in [-0.15, -0.1) is 0 Å². The first-order chi connectivity index (χ1) is 13.0. The minimum Gasteiger partial charge on any atom is -0.361 e. The van der Waals surface area contributed by atoms with Gasteiger partial charge in [-0.25, -0.2) is 8.42 Å². The molecule has 1 rings (SSSR count). The van der Waals surface area contributed by atoms with Gasteiger partial charge < -0.3 is 5.32 Å². The normalized spacial score (nSPS) is 12.7. The molecule has 0 bridgehead atoms. The van der Waals surface area contributed by atoms with Gasteiger partial charge in [0.05, 0.1) is 4.90 Å². The van der Waals surface area contributed by atoms with Crippen LogP contribution in [-0.4, -0.2) is 32.0 Å². The Morgan fingerprint density at radius 3 is 2.18 bits per heavy atom. The Balaban J connectivity index is 2.72. The number of nitrogens with one attached hydrogen (secondary N) is 4. The molecular weight excluding hydrogens is 396 g/mol. The second-order valence-electron chi connectivity index (χ2n) is 7.67. The fourth-order valence-corrected chi connectivity index (χ4v) is 3.74. The molecule has 9 heteroatoms. The molecule has 158 valence electrons. The lowest BCUT2D eigenvalue weighted by Gasteiger charge is -2.21. The number of benzene rings is 1. The molecular formula is C19H32N4O3S2.